The monoisotopic (exact) mass is 324 g/mol. The minimum absolute atomic E-state index is 0.240. The van der Waals surface area contributed by atoms with Crippen LogP contribution in [0.5, 0.6) is 0 Å². The highest BCUT2D eigenvalue weighted by molar-refractivity contribution is 9.10. The molecule has 0 unspecified atom stereocenters. The largest absolute Gasteiger partial charge is 0.298 e. The molecule has 0 saturated heterocycles. The van der Waals surface area contributed by atoms with Crippen molar-refractivity contribution in [1.82, 2.24) is 0 Å². The van der Waals surface area contributed by atoms with Crippen LogP contribution in [0.1, 0.15) is 15.9 Å². The molecule has 2 aromatic carbocycles. The van der Waals surface area contributed by atoms with E-state index in [0.29, 0.717) is 11.3 Å². The molecule has 0 spiro atoms. The third-order valence-corrected chi connectivity index (χ3v) is 3.89. The fourth-order valence-electron chi connectivity index (χ4n) is 1.50. The van der Waals surface area contributed by atoms with Gasteiger partial charge in [-0.15, -0.1) is 11.8 Å². The number of carbonyl (C=O) groups is 1. The molecule has 2 rings (SSSR count). The van der Waals surface area contributed by atoms with E-state index >= 15 is 0 Å². The van der Waals surface area contributed by atoms with E-state index in [4.69, 9.17) is 0 Å². The zero-order valence-corrected chi connectivity index (χ0v) is 11.8. The van der Waals surface area contributed by atoms with E-state index in [2.05, 4.69) is 15.9 Å². The van der Waals surface area contributed by atoms with Gasteiger partial charge in [0.15, 0.2) is 0 Å². The number of hydrogen-bond acceptors (Lipinski definition) is 2. The fourth-order valence-corrected chi connectivity index (χ4v) is 2.84. The second-order valence-corrected chi connectivity index (χ2v) is 5.72. The third kappa shape index (κ3) is 3.68. The van der Waals surface area contributed by atoms with Gasteiger partial charge in [0.1, 0.15) is 12.1 Å². The number of carbonyl (C=O) groups excluding carboxylic acids is 1. The van der Waals surface area contributed by atoms with Crippen molar-refractivity contribution in [3.8, 4) is 0 Å². The molecule has 0 radical (unpaired) electrons. The van der Waals surface area contributed by atoms with Crippen LogP contribution in [0.25, 0.3) is 0 Å². The smallest absolute Gasteiger partial charge is 0.150 e. The summed E-state index contributed by atoms with van der Waals surface area (Å²) in [6.45, 7) is 0. The highest BCUT2D eigenvalue weighted by Crippen LogP contribution is 2.25. The number of benzene rings is 2. The molecule has 0 N–H and O–H groups in total. The van der Waals surface area contributed by atoms with E-state index in [0.717, 1.165) is 21.2 Å². The minimum atomic E-state index is -0.240. The van der Waals surface area contributed by atoms with Gasteiger partial charge in [-0.2, -0.15) is 0 Å². The van der Waals surface area contributed by atoms with Crippen molar-refractivity contribution in [3.63, 3.8) is 0 Å². The Morgan fingerprint density at radius 1 is 1.17 bits per heavy atom. The maximum Gasteiger partial charge on any atom is 0.150 e. The van der Waals surface area contributed by atoms with Crippen LogP contribution in [0.15, 0.2) is 51.8 Å². The second-order valence-electron chi connectivity index (χ2n) is 3.75. The average molecular weight is 325 g/mol. The first kappa shape index (κ1) is 13.3. The van der Waals surface area contributed by atoms with Crippen LogP contribution < -0.4 is 0 Å². The molecule has 92 valence electrons. The number of rotatable bonds is 4. The highest BCUT2D eigenvalue weighted by Gasteiger charge is 2.01. The molecule has 0 aliphatic heterocycles. The summed E-state index contributed by atoms with van der Waals surface area (Å²) in [5.74, 6) is 0.452. The molecule has 1 nitrogen and oxygen atoms in total. The van der Waals surface area contributed by atoms with Crippen molar-refractivity contribution in [2.45, 2.75) is 10.6 Å². The molecule has 0 bridgehead atoms. The summed E-state index contributed by atoms with van der Waals surface area (Å²) in [4.78, 5) is 11.6. The molecule has 0 heterocycles. The molecule has 0 fully saturated rings. The number of halogens is 2. The van der Waals surface area contributed by atoms with E-state index in [1.165, 1.54) is 12.1 Å². The van der Waals surface area contributed by atoms with E-state index in [-0.39, 0.29) is 5.82 Å². The van der Waals surface area contributed by atoms with Crippen molar-refractivity contribution in [3.05, 3.63) is 63.9 Å². The van der Waals surface area contributed by atoms with Gasteiger partial charge in [0.25, 0.3) is 0 Å². The van der Waals surface area contributed by atoms with Crippen LogP contribution in [-0.4, -0.2) is 6.29 Å². The van der Waals surface area contributed by atoms with E-state index in [9.17, 15) is 9.18 Å². The maximum absolute atomic E-state index is 13.2. The number of hydrogen-bond donors (Lipinski definition) is 0. The standard InChI is InChI=1S/C14H10BrFOS/c15-12-5-11(6-13(16)7-12)9-18-14-3-1-10(8-17)2-4-14/h1-8H,9H2. The lowest BCUT2D eigenvalue weighted by atomic mass is 10.2. The molecule has 0 amide bonds. The zero-order chi connectivity index (χ0) is 13.0. The van der Waals surface area contributed by atoms with Gasteiger partial charge in [0, 0.05) is 20.7 Å². The summed E-state index contributed by atoms with van der Waals surface area (Å²) in [5.41, 5.74) is 1.58. The Kier molecular flexibility index (Phi) is 4.55. The maximum atomic E-state index is 13.2. The average Bonchev–Trinajstić information content (AvgIpc) is 2.36. The topological polar surface area (TPSA) is 17.1 Å². The summed E-state index contributed by atoms with van der Waals surface area (Å²) in [5, 5.41) is 0. The molecule has 0 atom stereocenters. The zero-order valence-electron chi connectivity index (χ0n) is 9.40. The van der Waals surface area contributed by atoms with Crippen LogP contribution in [-0.2, 0) is 5.75 Å². The van der Waals surface area contributed by atoms with Crippen molar-refractivity contribution in [2.24, 2.45) is 0 Å². The quantitative estimate of drug-likeness (QED) is 0.599. The molecule has 0 saturated carbocycles. The summed E-state index contributed by atoms with van der Waals surface area (Å²) in [6, 6.07) is 12.2. The summed E-state index contributed by atoms with van der Waals surface area (Å²) in [7, 11) is 0. The Bertz CT molecular complexity index is 534. The Hall–Kier alpha value is -1.13. The van der Waals surface area contributed by atoms with Gasteiger partial charge in [-0.25, -0.2) is 4.39 Å². The van der Waals surface area contributed by atoms with Crippen molar-refractivity contribution in [2.75, 3.05) is 0 Å². The Balaban J connectivity index is 2.03. The normalized spacial score (nSPS) is 10.3. The van der Waals surface area contributed by atoms with Gasteiger partial charge < -0.3 is 0 Å². The first-order valence-electron chi connectivity index (χ1n) is 5.30. The van der Waals surface area contributed by atoms with E-state index in [1.54, 1.807) is 23.9 Å². The van der Waals surface area contributed by atoms with Crippen molar-refractivity contribution in [1.29, 1.82) is 0 Å². The van der Waals surface area contributed by atoms with Crippen LogP contribution in [0.2, 0.25) is 0 Å². The van der Waals surface area contributed by atoms with Gasteiger partial charge >= 0.3 is 0 Å². The molecule has 4 heteroatoms. The summed E-state index contributed by atoms with van der Waals surface area (Å²) < 4.78 is 13.9. The Morgan fingerprint density at radius 3 is 2.50 bits per heavy atom. The predicted molar refractivity (Wildman–Crippen MR) is 75.5 cm³/mol. The third-order valence-electron chi connectivity index (χ3n) is 2.34. The van der Waals surface area contributed by atoms with Crippen LogP contribution >= 0.6 is 27.7 Å². The molecule has 2 aromatic rings. The highest BCUT2D eigenvalue weighted by atomic mass is 79.9. The molecular formula is C14H10BrFOS. The molecule has 0 aliphatic carbocycles. The summed E-state index contributed by atoms with van der Waals surface area (Å²) >= 11 is 4.88. The Labute approximate surface area is 118 Å². The molecular weight excluding hydrogens is 315 g/mol. The lowest BCUT2D eigenvalue weighted by molar-refractivity contribution is 0.112. The minimum Gasteiger partial charge on any atom is -0.298 e. The molecule has 0 aromatic heterocycles. The van der Waals surface area contributed by atoms with Crippen LogP contribution in [0, 0.1) is 5.82 Å². The van der Waals surface area contributed by atoms with Gasteiger partial charge in [-0.1, -0.05) is 28.1 Å². The van der Waals surface area contributed by atoms with Gasteiger partial charge in [0.05, 0.1) is 0 Å². The van der Waals surface area contributed by atoms with Crippen LogP contribution in [0.4, 0.5) is 4.39 Å². The molecule has 18 heavy (non-hydrogen) atoms. The number of thioether (sulfide) groups is 1. The Morgan fingerprint density at radius 2 is 1.89 bits per heavy atom. The lowest BCUT2D eigenvalue weighted by Crippen LogP contribution is -1.84. The van der Waals surface area contributed by atoms with Gasteiger partial charge in [-0.05, 0) is 35.9 Å². The second kappa shape index (κ2) is 6.16. The predicted octanol–water partition coefficient (Wildman–Crippen LogP) is 4.69. The van der Waals surface area contributed by atoms with Crippen LogP contribution in [0.3, 0.4) is 0 Å². The van der Waals surface area contributed by atoms with Crippen molar-refractivity contribution >= 4 is 34.0 Å². The first-order valence-corrected chi connectivity index (χ1v) is 7.08. The lowest BCUT2D eigenvalue weighted by Gasteiger charge is -2.03. The first-order chi connectivity index (χ1) is 8.67. The van der Waals surface area contributed by atoms with E-state index < -0.39 is 0 Å². The van der Waals surface area contributed by atoms with Gasteiger partial charge in [0.2, 0.25) is 0 Å². The van der Waals surface area contributed by atoms with Gasteiger partial charge in [-0.3, -0.25) is 4.79 Å². The fraction of sp³-hybridized carbons (Fsp3) is 0.0714. The summed E-state index contributed by atoms with van der Waals surface area (Å²) in [6.07, 6.45) is 0.818. The molecule has 0 aliphatic rings. The van der Waals surface area contributed by atoms with E-state index in [1.807, 2.05) is 18.2 Å². The van der Waals surface area contributed by atoms with Crippen molar-refractivity contribution < 1.29 is 9.18 Å². The SMILES string of the molecule is O=Cc1ccc(SCc2cc(F)cc(Br)c2)cc1. The number of aldehydes is 1.